The summed E-state index contributed by atoms with van der Waals surface area (Å²) in [6.07, 6.45) is 7.19. The Labute approximate surface area is 132 Å². The molecule has 0 saturated carbocycles. The van der Waals surface area contributed by atoms with Crippen LogP contribution in [0.3, 0.4) is 0 Å². The standard InChI is InChI=1S/C15H25N3O3S/c1-3-8-22(20,21)12-15(19)18-7-5-4-6-14(18)11-17-10-13(2)9-16-17/h9-10,14H,3-8,11-12H2,1-2H3. The summed E-state index contributed by atoms with van der Waals surface area (Å²) in [4.78, 5) is 14.2. The summed E-state index contributed by atoms with van der Waals surface area (Å²) in [5.41, 5.74) is 1.08. The van der Waals surface area contributed by atoms with E-state index in [1.54, 1.807) is 11.1 Å². The van der Waals surface area contributed by atoms with Gasteiger partial charge in [-0.05, 0) is 38.2 Å². The molecule has 1 fully saturated rings. The minimum absolute atomic E-state index is 0.0392. The Morgan fingerprint density at radius 1 is 1.41 bits per heavy atom. The molecule has 1 amide bonds. The van der Waals surface area contributed by atoms with Crippen LogP contribution in [0, 0.1) is 6.92 Å². The second-order valence-electron chi connectivity index (χ2n) is 6.07. The molecule has 7 heteroatoms. The van der Waals surface area contributed by atoms with Crippen molar-refractivity contribution in [2.45, 2.75) is 52.1 Å². The lowest BCUT2D eigenvalue weighted by molar-refractivity contribution is -0.132. The fraction of sp³-hybridized carbons (Fsp3) is 0.733. The number of piperidine rings is 1. The zero-order valence-electron chi connectivity index (χ0n) is 13.4. The molecule has 0 N–H and O–H groups in total. The molecule has 1 aliphatic rings. The van der Waals surface area contributed by atoms with Gasteiger partial charge in [-0.25, -0.2) is 8.42 Å². The summed E-state index contributed by atoms with van der Waals surface area (Å²) < 4.78 is 25.6. The van der Waals surface area contributed by atoms with Gasteiger partial charge in [0.15, 0.2) is 9.84 Å². The molecule has 1 atom stereocenters. The minimum atomic E-state index is -3.29. The van der Waals surface area contributed by atoms with Crippen LogP contribution in [0.5, 0.6) is 0 Å². The van der Waals surface area contributed by atoms with Crippen LogP contribution in [-0.2, 0) is 21.2 Å². The third-order valence-electron chi connectivity index (χ3n) is 3.97. The van der Waals surface area contributed by atoms with Gasteiger partial charge in [-0.2, -0.15) is 5.10 Å². The smallest absolute Gasteiger partial charge is 0.238 e. The van der Waals surface area contributed by atoms with Crippen molar-refractivity contribution in [3.05, 3.63) is 18.0 Å². The van der Waals surface area contributed by atoms with Gasteiger partial charge < -0.3 is 4.90 Å². The van der Waals surface area contributed by atoms with Crippen molar-refractivity contribution in [2.24, 2.45) is 0 Å². The van der Waals surface area contributed by atoms with Crippen molar-refractivity contribution >= 4 is 15.7 Å². The maximum atomic E-state index is 12.4. The Morgan fingerprint density at radius 2 is 2.18 bits per heavy atom. The summed E-state index contributed by atoms with van der Waals surface area (Å²) >= 11 is 0. The maximum absolute atomic E-state index is 12.4. The number of hydrogen-bond donors (Lipinski definition) is 0. The molecule has 2 rings (SSSR count). The van der Waals surface area contributed by atoms with E-state index in [0.717, 1.165) is 24.8 Å². The first-order chi connectivity index (χ1) is 10.4. The van der Waals surface area contributed by atoms with E-state index < -0.39 is 9.84 Å². The molecule has 1 aromatic rings. The highest BCUT2D eigenvalue weighted by atomic mass is 32.2. The number of rotatable bonds is 6. The molecule has 22 heavy (non-hydrogen) atoms. The second-order valence-corrected chi connectivity index (χ2v) is 8.25. The summed E-state index contributed by atoms with van der Waals surface area (Å²) in [6.45, 7) is 5.06. The Balaban J connectivity index is 2.04. The fourth-order valence-electron chi connectivity index (χ4n) is 2.96. The molecule has 0 aliphatic carbocycles. The van der Waals surface area contributed by atoms with E-state index >= 15 is 0 Å². The van der Waals surface area contributed by atoms with Gasteiger partial charge in [-0.15, -0.1) is 0 Å². The predicted molar refractivity (Wildman–Crippen MR) is 85.3 cm³/mol. The van der Waals surface area contributed by atoms with Crippen LogP contribution in [0.4, 0.5) is 0 Å². The summed E-state index contributed by atoms with van der Waals surface area (Å²) in [6, 6.07) is 0.0392. The van der Waals surface area contributed by atoms with E-state index in [9.17, 15) is 13.2 Å². The molecule has 0 spiro atoms. The topological polar surface area (TPSA) is 72.3 Å². The fourth-order valence-corrected chi connectivity index (χ4v) is 4.26. The van der Waals surface area contributed by atoms with Crippen LogP contribution in [0.2, 0.25) is 0 Å². The average molecular weight is 327 g/mol. The highest BCUT2D eigenvalue weighted by Crippen LogP contribution is 2.19. The number of aromatic nitrogens is 2. The van der Waals surface area contributed by atoms with Crippen LogP contribution < -0.4 is 0 Å². The Kier molecular flexibility index (Phi) is 5.61. The molecule has 6 nitrogen and oxygen atoms in total. The molecule has 0 radical (unpaired) electrons. The molecule has 2 heterocycles. The van der Waals surface area contributed by atoms with Gasteiger partial charge in [0.25, 0.3) is 0 Å². The summed E-state index contributed by atoms with van der Waals surface area (Å²) in [7, 11) is -3.29. The van der Waals surface area contributed by atoms with Gasteiger partial charge in [0.1, 0.15) is 5.75 Å². The van der Waals surface area contributed by atoms with Gasteiger partial charge in [-0.1, -0.05) is 6.92 Å². The van der Waals surface area contributed by atoms with E-state index in [4.69, 9.17) is 0 Å². The van der Waals surface area contributed by atoms with Crippen molar-refractivity contribution in [1.29, 1.82) is 0 Å². The summed E-state index contributed by atoms with van der Waals surface area (Å²) in [5, 5.41) is 4.27. The summed E-state index contributed by atoms with van der Waals surface area (Å²) in [5.74, 6) is -0.549. The maximum Gasteiger partial charge on any atom is 0.238 e. The highest BCUT2D eigenvalue weighted by molar-refractivity contribution is 7.92. The van der Waals surface area contributed by atoms with Crippen molar-refractivity contribution in [1.82, 2.24) is 14.7 Å². The van der Waals surface area contributed by atoms with Crippen LogP contribution in [0.25, 0.3) is 0 Å². The first-order valence-electron chi connectivity index (χ1n) is 7.90. The quantitative estimate of drug-likeness (QED) is 0.792. The third-order valence-corrected chi connectivity index (χ3v) is 5.68. The third kappa shape index (κ3) is 4.56. The van der Waals surface area contributed by atoms with Crippen LogP contribution >= 0.6 is 0 Å². The van der Waals surface area contributed by atoms with Crippen molar-refractivity contribution in [2.75, 3.05) is 18.1 Å². The molecular weight excluding hydrogens is 302 g/mol. The van der Waals surface area contributed by atoms with Gasteiger partial charge in [0.05, 0.1) is 24.5 Å². The number of nitrogens with zero attached hydrogens (tertiary/aromatic N) is 3. The molecule has 1 unspecified atom stereocenters. The zero-order chi connectivity index (χ0) is 16.2. The number of carbonyl (C=O) groups is 1. The van der Waals surface area contributed by atoms with Crippen LogP contribution in [0.1, 0.15) is 38.2 Å². The number of likely N-dealkylation sites (tertiary alicyclic amines) is 1. The van der Waals surface area contributed by atoms with Crippen LogP contribution in [0.15, 0.2) is 12.4 Å². The van der Waals surface area contributed by atoms with E-state index in [0.29, 0.717) is 19.5 Å². The van der Waals surface area contributed by atoms with Gasteiger partial charge >= 0.3 is 0 Å². The molecule has 0 bridgehead atoms. The monoisotopic (exact) mass is 327 g/mol. The van der Waals surface area contributed by atoms with Crippen molar-refractivity contribution in [3.63, 3.8) is 0 Å². The lowest BCUT2D eigenvalue weighted by Gasteiger charge is -2.35. The second kappa shape index (κ2) is 7.26. The van der Waals surface area contributed by atoms with Gasteiger partial charge in [-0.3, -0.25) is 9.48 Å². The van der Waals surface area contributed by atoms with Gasteiger partial charge in [0.2, 0.25) is 5.91 Å². The molecule has 0 aromatic carbocycles. The Hall–Kier alpha value is -1.37. The van der Waals surface area contributed by atoms with E-state index in [1.165, 1.54) is 0 Å². The zero-order valence-corrected chi connectivity index (χ0v) is 14.2. The Morgan fingerprint density at radius 3 is 2.82 bits per heavy atom. The van der Waals surface area contributed by atoms with Gasteiger partial charge in [0, 0.05) is 12.7 Å². The number of amides is 1. The SMILES string of the molecule is CCCS(=O)(=O)CC(=O)N1CCCCC1Cn1cc(C)cn1. The molecule has 1 aliphatic heterocycles. The number of hydrogen-bond acceptors (Lipinski definition) is 4. The predicted octanol–water partition coefficient (Wildman–Crippen LogP) is 1.40. The number of sulfone groups is 1. The number of carbonyl (C=O) groups excluding carboxylic acids is 1. The molecular formula is C15H25N3O3S. The first kappa shape index (κ1) is 17.0. The minimum Gasteiger partial charge on any atom is -0.337 e. The molecule has 1 aromatic heterocycles. The van der Waals surface area contributed by atoms with E-state index in [2.05, 4.69) is 5.10 Å². The van der Waals surface area contributed by atoms with Crippen LogP contribution in [-0.4, -0.2) is 53.1 Å². The largest absolute Gasteiger partial charge is 0.337 e. The molecule has 124 valence electrons. The highest BCUT2D eigenvalue weighted by Gasteiger charge is 2.29. The van der Waals surface area contributed by atoms with E-state index in [1.807, 2.05) is 24.7 Å². The first-order valence-corrected chi connectivity index (χ1v) is 9.72. The average Bonchev–Trinajstić information content (AvgIpc) is 2.84. The van der Waals surface area contributed by atoms with E-state index in [-0.39, 0.29) is 23.5 Å². The Bertz CT molecular complexity index is 609. The number of aryl methyl sites for hydroxylation is 1. The lowest BCUT2D eigenvalue weighted by Crippen LogP contribution is -2.48. The van der Waals surface area contributed by atoms with Crippen molar-refractivity contribution < 1.29 is 13.2 Å². The normalized spacial score (nSPS) is 19.4. The lowest BCUT2D eigenvalue weighted by atomic mass is 10.0. The van der Waals surface area contributed by atoms with Crippen molar-refractivity contribution in [3.8, 4) is 0 Å². The molecule has 1 saturated heterocycles.